The van der Waals surface area contributed by atoms with Crippen LogP contribution in [-0.4, -0.2) is 4.98 Å². The van der Waals surface area contributed by atoms with Crippen LogP contribution in [0.25, 0.3) is 32.9 Å². The van der Waals surface area contributed by atoms with Crippen LogP contribution in [0, 0.1) is 0 Å². The molecule has 0 atom stereocenters. The van der Waals surface area contributed by atoms with E-state index in [1.54, 1.807) is 0 Å². The van der Waals surface area contributed by atoms with Crippen molar-refractivity contribution in [1.29, 1.82) is 0 Å². The van der Waals surface area contributed by atoms with E-state index in [1.807, 2.05) is 6.07 Å². The molecule has 0 fully saturated rings. The van der Waals surface area contributed by atoms with E-state index in [-0.39, 0.29) is 0 Å². The Bertz CT molecular complexity index is 833. The number of nitrogens with zero attached hydrogens (tertiary/aromatic N) is 1. The van der Waals surface area contributed by atoms with Crippen molar-refractivity contribution < 1.29 is 0 Å². The molecule has 84 valence electrons. The first kappa shape index (κ1) is 9.60. The summed E-state index contributed by atoms with van der Waals surface area (Å²) in [6.07, 6.45) is 0. The molecule has 2 aromatic rings. The zero-order valence-corrected chi connectivity index (χ0v) is 9.80. The molecule has 4 rings (SSSR count). The van der Waals surface area contributed by atoms with Crippen LogP contribution in [-0.2, 0) is 0 Å². The highest BCUT2D eigenvalue weighted by Gasteiger charge is 2.12. The first-order valence-corrected chi connectivity index (χ1v) is 6.10. The van der Waals surface area contributed by atoms with E-state index in [0.717, 1.165) is 11.2 Å². The summed E-state index contributed by atoms with van der Waals surface area (Å²) in [5.74, 6) is 0. The van der Waals surface area contributed by atoms with Crippen LogP contribution < -0.4 is 0 Å². The Morgan fingerprint density at radius 3 is 2.28 bits per heavy atom. The molecule has 1 aliphatic heterocycles. The lowest BCUT2D eigenvalue weighted by Gasteiger charge is -1.96. The van der Waals surface area contributed by atoms with Crippen molar-refractivity contribution in [3.05, 3.63) is 66.7 Å². The van der Waals surface area contributed by atoms with Gasteiger partial charge in [-0.1, -0.05) is 60.7 Å². The minimum absolute atomic E-state index is 1.07. The average Bonchev–Trinajstić information content (AvgIpc) is 2.69. The lowest BCUT2D eigenvalue weighted by molar-refractivity contribution is 1.49. The molecule has 1 nitrogen and oxygen atoms in total. The average molecular weight is 229 g/mol. The summed E-state index contributed by atoms with van der Waals surface area (Å²) in [6.45, 7) is 0. The molecule has 0 N–H and O–H groups in total. The standard InChI is InChI=1S/C17H11N/c1-2-8-13-12(6-1)7-5-10-15-14-9-3-4-11-16(14)18-17(13)15/h1-11H. The number of fused-ring (bicyclic) bond motifs is 5. The normalized spacial score (nSPS) is 11.3. The predicted molar refractivity (Wildman–Crippen MR) is 75.9 cm³/mol. The summed E-state index contributed by atoms with van der Waals surface area (Å²) in [6, 6.07) is 23.1. The number of hydrogen-bond donors (Lipinski definition) is 0. The Labute approximate surface area is 105 Å². The third kappa shape index (κ3) is 1.25. The van der Waals surface area contributed by atoms with Crippen molar-refractivity contribution >= 4 is 21.7 Å². The fourth-order valence-electron chi connectivity index (χ4n) is 2.59. The van der Waals surface area contributed by atoms with Gasteiger partial charge in [-0.3, -0.25) is 0 Å². The van der Waals surface area contributed by atoms with Crippen molar-refractivity contribution in [3.63, 3.8) is 0 Å². The zero-order valence-electron chi connectivity index (χ0n) is 9.80. The minimum atomic E-state index is 1.07. The molecule has 1 heteroatoms. The van der Waals surface area contributed by atoms with Gasteiger partial charge in [0.05, 0.1) is 11.2 Å². The molecule has 0 aromatic heterocycles. The second-order valence-corrected chi connectivity index (χ2v) is 4.50. The van der Waals surface area contributed by atoms with Crippen molar-refractivity contribution in [3.8, 4) is 11.3 Å². The number of para-hydroxylation sites is 1. The van der Waals surface area contributed by atoms with E-state index in [9.17, 15) is 0 Å². The molecule has 2 aromatic carbocycles. The zero-order chi connectivity index (χ0) is 11.9. The SMILES string of the molecule is c1ccc2c3nc4ccccc4c-3cccc2c1. The molecular formula is C17H11N. The summed E-state index contributed by atoms with van der Waals surface area (Å²) < 4.78 is 0. The van der Waals surface area contributed by atoms with E-state index in [4.69, 9.17) is 4.98 Å². The first-order chi connectivity index (χ1) is 8.93. The molecule has 0 saturated heterocycles. The van der Waals surface area contributed by atoms with Crippen molar-refractivity contribution in [2.75, 3.05) is 0 Å². The van der Waals surface area contributed by atoms with Gasteiger partial charge in [0.1, 0.15) is 0 Å². The fraction of sp³-hybridized carbons (Fsp3) is 0. The topological polar surface area (TPSA) is 12.9 Å². The highest BCUT2D eigenvalue weighted by molar-refractivity contribution is 6.06. The van der Waals surface area contributed by atoms with Gasteiger partial charge in [0.15, 0.2) is 0 Å². The van der Waals surface area contributed by atoms with Crippen LogP contribution in [0.3, 0.4) is 0 Å². The first-order valence-electron chi connectivity index (χ1n) is 6.10. The lowest BCUT2D eigenvalue weighted by Crippen LogP contribution is -1.74. The maximum absolute atomic E-state index is 4.78. The summed E-state index contributed by atoms with van der Waals surface area (Å²) >= 11 is 0. The predicted octanol–water partition coefficient (Wildman–Crippen LogP) is 4.49. The van der Waals surface area contributed by atoms with Gasteiger partial charge in [0.25, 0.3) is 0 Å². The quantitative estimate of drug-likeness (QED) is 0.433. The van der Waals surface area contributed by atoms with Gasteiger partial charge in [-0.15, -0.1) is 0 Å². The van der Waals surface area contributed by atoms with E-state index >= 15 is 0 Å². The van der Waals surface area contributed by atoms with Crippen LogP contribution in [0.5, 0.6) is 0 Å². The van der Waals surface area contributed by atoms with Crippen LogP contribution in [0.4, 0.5) is 0 Å². The van der Waals surface area contributed by atoms with E-state index < -0.39 is 0 Å². The third-order valence-corrected chi connectivity index (χ3v) is 3.44. The maximum Gasteiger partial charge on any atom is 0.0794 e. The number of aromatic nitrogens is 1. The van der Waals surface area contributed by atoms with Crippen molar-refractivity contribution in [1.82, 2.24) is 4.98 Å². The minimum Gasteiger partial charge on any atom is -0.247 e. The molecule has 1 aliphatic carbocycles. The summed E-state index contributed by atoms with van der Waals surface area (Å²) in [5.41, 5.74) is 3.40. The fourth-order valence-corrected chi connectivity index (χ4v) is 2.59. The van der Waals surface area contributed by atoms with Crippen molar-refractivity contribution in [2.45, 2.75) is 0 Å². The Balaban J connectivity index is 2.28. The third-order valence-electron chi connectivity index (χ3n) is 3.44. The monoisotopic (exact) mass is 229 g/mol. The number of benzene rings is 2. The Morgan fingerprint density at radius 2 is 1.33 bits per heavy atom. The molecule has 0 saturated carbocycles. The number of hydrogen-bond acceptors (Lipinski definition) is 1. The second kappa shape index (κ2) is 3.54. The van der Waals surface area contributed by atoms with Gasteiger partial charge in [-0.05, 0) is 11.5 Å². The Morgan fingerprint density at radius 1 is 0.611 bits per heavy atom. The van der Waals surface area contributed by atoms with Crippen LogP contribution in [0.1, 0.15) is 0 Å². The number of rotatable bonds is 0. The summed E-state index contributed by atoms with van der Waals surface area (Å²) in [4.78, 5) is 4.78. The molecule has 0 unspecified atom stereocenters. The van der Waals surface area contributed by atoms with E-state index in [1.165, 1.54) is 21.7 Å². The van der Waals surface area contributed by atoms with E-state index in [0.29, 0.717) is 0 Å². The van der Waals surface area contributed by atoms with Gasteiger partial charge in [-0.25, -0.2) is 4.98 Å². The lowest BCUT2D eigenvalue weighted by atomic mass is 10.1. The molecule has 0 bridgehead atoms. The molecule has 0 spiro atoms. The van der Waals surface area contributed by atoms with Crippen LogP contribution >= 0.6 is 0 Å². The van der Waals surface area contributed by atoms with Crippen LogP contribution in [0.15, 0.2) is 66.7 Å². The highest BCUT2D eigenvalue weighted by Crippen LogP contribution is 2.34. The van der Waals surface area contributed by atoms with Gasteiger partial charge < -0.3 is 0 Å². The smallest absolute Gasteiger partial charge is 0.0794 e. The molecule has 2 aliphatic rings. The molecule has 18 heavy (non-hydrogen) atoms. The van der Waals surface area contributed by atoms with Gasteiger partial charge in [0, 0.05) is 16.3 Å². The van der Waals surface area contributed by atoms with Gasteiger partial charge in [0.2, 0.25) is 0 Å². The second-order valence-electron chi connectivity index (χ2n) is 4.50. The van der Waals surface area contributed by atoms with Gasteiger partial charge >= 0.3 is 0 Å². The molecule has 1 heterocycles. The highest BCUT2D eigenvalue weighted by atomic mass is 14.7. The molecular weight excluding hydrogens is 218 g/mol. The Kier molecular flexibility index (Phi) is 1.89. The van der Waals surface area contributed by atoms with Crippen LogP contribution in [0.2, 0.25) is 0 Å². The summed E-state index contributed by atoms with van der Waals surface area (Å²) in [5, 5.41) is 3.68. The largest absolute Gasteiger partial charge is 0.247 e. The molecule has 0 radical (unpaired) electrons. The van der Waals surface area contributed by atoms with Gasteiger partial charge in [-0.2, -0.15) is 0 Å². The van der Waals surface area contributed by atoms with Crippen molar-refractivity contribution in [2.24, 2.45) is 0 Å². The maximum atomic E-state index is 4.78. The van der Waals surface area contributed by atoms with E-state index in [2.05, 4.69) is 60.7 Å². The summed E-state index contributed by atoms with van der Waals surface area (Å²) in [7, 11) is 0. The Hall–Kier alpha value is -2.41. The molecule has 0 amide bonds.